The summed E-state index contributed by atoms with van der Waals surface area (Å²) >= 11 is 3.20. The molecule has 6 heteroatoms. The van der Waals surface area contributed by atoms with Gasteiger partial charge in [0.25, 0.3) is 0 Å². The van der Waals surface area contributed by atoms with Crippen LogP contribution in [0.2, 0.25) is 0 Å². The lowest BCUT2D eigenvalue weighted by molar-refractivity contribution is -0.128. The Balaban J connectivity index is 1.55. The normalized spacial score (nSPS) is 10.5. The van der Waals surface area contributed by atoms with E-state index >= 15 is 0 Å². The van der Waals surface area contributed by atoms with Crippen molar-refractivity contribution in [1.29, 1.82) is 5.26 Å². The fourth-order valence-corrected chi connectivity index (χ4v) is 4.37. The SMILES string of the molecule is N#CCN(Cc1ccccc1)C(=O)CSCc1nc2ccccc2s1. The molecule has 4 nitrogen and oxygen atoms in total. The maximum atomic E-state index is 12.4. The lowest BCUT2D eigenvalue weighted by atomic mass is 10.2. The zero-order chi connectivity index (χ0) is 17.5. The summed E-state index contributed by atoms with van der Waals surface area (Å²) in [6, 6.07) is 19.9. The first-order chi connectivity index (χ1) is 12.3. The Morgan fingerprint density at radius 3 is 2.68 bits per heavy atom. The van der Waals surface area contributed by atoms with Crippen LogP contribution in [-0.4, -0.2) is 28.1 Å². The maximum absolute atomic E-state index is 12.4. The molecule has 0 aliphatic rings. The number of fused-ring (bicyclic) bond motifs is 1. The van der Waals surface area contributed by atoms with Crippen LogP contribution in [-0.2, 0) is 17.1 Å². The van der Waals surface area contributed by atoms with Crippen molar-refractivity contribution < 1.29 is 4.79 Å². The van der Waals surface area contributed by atoms with E-state index in [1.165, 1.54) is 4.70 Å². The number of aromatic nitrogens is 1. The van der Waals surface area contributed by atoms with Gasteiger partial charge in [0.1, 0.15) is 11.6 Å². The van der Waals surface area contributed by atoms with Crippen molar-refractivity contribution in [1.82, 2.24) is 9.88 Å². The van der Waals surface area contributed by atoms with E-state index in [9.17, 15) is 4.79 Å². The van der Waals surface area contributed by atoms with Crippen LogP contribution in [0.25, 0.3) is 10.2 Å². The van der Waals surface area contributed by atoms with Crippen LogP contribution in [0.1, 0.15) is 10.6 Å². The summed E-state index contributed by atoms with van der Waals surface area (Å²) < 4.78 is 1.17. The lowest BCUT2D eigenvalue weighted by Crippen LogP contribution is -2.32. The summed E-state index contributed by atoms with van der Waals surface area (Å²) in [5, 5.41) is 10.0. The molecular weight excluding hydrogens is 350 g/mol. The minimum Gasteiger partial charge on any atom is -0.324 e. The predicted octanol–water partition coefficient (Wildman–Crippen LogP) is 4.08. The highest BCUT2D eigenvalue weighted by Gasteiger charge is 2.14. The Labute approximate surface area is 155 Å². The minimum atomic E-state index is -0.0171. The van der Waals surface area contributed by atoms with Gasteiger partial charge >= 0.3 is 0 Å². The third kappa shape index (κ3) is 4.81. The van der Waals surface area contributed by atoms with Crippen molar-refractivity contribution in [2.45, 2.75) is 12.3 Å². The van der Waals surface area contributed by atoms with Gasteiger partial charge in [0.15, 0.2) is 0 Å². The number of hydrogen-bond acceptors (Lipinski definition) is 5. The van der Waals surface area contributed by atoms with E-state index in [-0.39, 0.29) is 12.5 Å². The molecule has 126 valence electrons. The van der Waals surface area contributed by atoms with Crippen molar-refractivity contribution in [3.8, 4) is 6.07 Å². The summed E-state index contributed by atoms with van der Waals surface area (Å²) in [7, 11) is 0. The van der Waals surface area contributed by atoms with Gasteiger partial charge in [-0.3, -0.25) is 4.79 Å². The van der Waals surface area contributed by atoms with Gasteiger partial charge in [-0.2, -0.15) is 5.26 Å². The molecule has 0 unspecified atom stereocenters. The quantitative estimate of drug-likeness (QED) is 0.590. The zero-order valence-electron chi connectivity index (χ0n) is 13.6. The molecule has 0 atom stereocenters. The van der Waals surface area contributed by atoms with Crippen LogP contribution in [0, 0.1) is 11.3 Å². The molecular formula is C19H17N3OS2. The molecule has 0 fully saturated rings. The monoisotopic (exact) mass is 367 g/mol. The molecule has 2 aromatic carbocycles. The Kier molecular flexibility index (Phi) is 6.04. The molecule has 1 amide bonds. The van der Waals surface area contributed by atoms with Crippen LogP contribution in [0.5, 0.6) is 0 Å². The van der Waals surface area contributed by atoms with E-state index < -0.39 is 0 Å². The number of thiazole rings is 1. The van der Waals surface area contributed by atoms with E-state index in [4.69, 9.17) is 5.26 Å². The van der Waals surface area contributed by atoms with Gasteiger partial charge in [-0.15, -0.1) is 23.1 Å². The number of thioether (sulfide) groups is 1. The van der Waals surface area contributed by atoms with Crippen LogP contribution < -0.4 is 0 Å². The first-order valence-electron chi connectivity index (χ1n) is 7.87. The Morgan fingerprint density at radius 1 is 1.16 bits per heavy atom. The lowest BCUT2D eigenvalue weighted by Gasteiger charge is -2.19. The predicted molar refractivity (Wildman–Crippen MR) is 103 cm³/mol. The van der Waals surface area contributed by atoms with Gasteiger partial charge in [-0.05, 0) is 17.7 Å². The third-order valence-electron chi connectivity index (χ3n) is 3.62. The zero-order valence-corrected chi connectivity index (χ0v) is 15.2. The number of hydrogen-bond donors (Lipinski definition) is 0. The highest BCUT2D eigenvalue weighted by molar-refractivity contribution is 7.99. The fourth-order valence-electron chi connectivity index (χ4n) is 2.42. The molecule has 0 bridgehead atoms. The molecule has 0 radical (unpaired) electrons. The fraction of sp³-hybridized carbons (Fsp3) is 0.211. The second kappa shape index (κ2) is 8.65. The Bertz CT molecular complexity index is 853. The van der Waals surface area contributed by atoms with Crippen LogP contribution in [0.4, 0.5) is 0 Å². The molecule has 25 heavy (non-hydrogen) atoms. The molecule has 0 spiro atoms. The van der Waals surface area contributed by atoms with Crippen LogP contribution in [0.3, 0.4) is 0 Å². The molecule has 0 N–H and O–H groups in total. The van der Waals surface area contributed by atoms with Crippen molar-refractivity contribution in [3.05, 3.63) is 65.2 Å². The summed E-state index contributed by atoms with van der Waals surface area (Å²) in [5.41, 5.74) is 2.03. The third-order valence-corrected chi connectivity index (χ3v) is 5.77. The van der Waals surface area contributed by atoms with Gasteiger partial charge in [0.05, 0.1) is 22.0 Å². The van der Waals surface area contributed by atoms with Gasteiger partial charge in [0, 0.05) is 12.3 Å². The first-order valence-corrected chi connectivity index (χ1v) is 9.84. The number of nitriles is 1. The van der Waals surface area contributed by atoms with E-state index in [0.29, 0.717) is 18.1 Å². The largest absolute Gasteiger partial charge is 0.324 e. The number of carbonyl (C=O) groups excluding carboxylic acids is 1. The van der Waals surface area contributed by atoms with Gasteiger partial charge in [-0.25, -0.2) is 4.98 Å². The van der Waals surface area contributed by atoms with E-state index in [2.05, 4.69) is 17.1 Å². The van der Waals surface area contributed by atoms with E-state index in [0.717, 1.165) is 16.1 Å². The number of para-hydroxylation sites is 1. The van der Waals surface area contributed by atoms with Crippen molar-refractivity contribution in [2.75, 3.05) is 12.3 Å². The minimum absolute atomic E-state index is 0.0171. The topological polar surface area (TPSA) is 57.0 Å². The number of rotatable bonds is 7. The molecule has 1 heterocycles. The van der Waals surface area contributed by atoms with Crippen LogP contribution >= 0.6 is 23.1 Å². The Hall–Kier alpha value is -2.36. The second-order valence-electron chi connectivity index (χ2n) is 5.46. The second-order valence-corrected chi connectivity index (χ2v) is 7.56. The summed E-state index contributed by atoms with van der Waals surface area (Å²) in [4.78, 5) is 18.6. The molecule has 3 aromatic rings. The average molecular weight is 367 g/mol. The summed E-state index contributed by atoms with van der Waals surface area (Å²) in [6.45, 7) is 0.574. The molecule has 0 aliphatic carbocycles. The van der Waals surface area contributed by atoms with Crippen molar-refractivity contribution >= 4 is 39.2 Å². The number of nitrogens with zero attached hydrogens (tertiary/aromatic N) is 3. The summed E-state index contributed by atoms with van der Waals surface area (Å²) in [5.74, 6) is 1.04. The summed E-state index contributed by atoms with van der Waals surface area (Å²) in [6.07, 6.45) is 0. The molecule has 0 aliphatic heterocycles. The first kappa shape index (κ1) is 17.5. The molecule has 0 saturated carbocycles. The van der Waals surface area contributed by atoms with Crippen molar-refractivity contribution in [3.63, 3.8) is 0 Å². The van der Waals surface area contributed by atoms with Crippen molar-refractivity contribution in [2.24, 2.45) is 0 Å². The standard InChI is InChI=1S/C19H17N3OS2/c20-10-11-22(12-15-6-2-1-3-7-15)19(23)14-24-13-18-21-16-8-4-5-9-17(16)25-18/h1-9H,11-14H2. The highest BCUT2D eigenvalue weighted by atomic mass is 32.2. The highest BCUT2D eigenvalue weighted by Crippen LogP contribution is 2.24. The number of carbonyl (C=O) groups is 1. The van der Waals surface area contributed by atoms with Gasteiger partial charge < -0.3 is 4.90 Å². The molecule has 0 saturated heterocycles. The number of amides is 1. The Morgan fingerprint density at radius 2 is 1.92 bits per heavy atom. The van der Waals surface area contributed by atoms with E-state index in [1.807, 2.05) is 48.5 Å². The maximum Gasteiger partial charge on any atom is 0.233 e. The smallest absolute Gasteiger partial charge is 0.233 e. The van der Waals surface area contributed by atoms with Gasteiger partial charge in [0.2, 0.25) is 5.91 Å². The van der Waals surface area contributed by atoms with Gasteiger partial charge in [-0.1, -0.05) is 42.5 Å². The molecule has 3 rings (SSSR count). The van der Waals surface area contributed by atoms with Crippen LogP contribution in [0.15, 0.2) is 54.6 Å². The number of benzene rings is 2. The van der Waals surface area contributed by atoms with E-state index in [1.54, 1.807) is 28.0 Å². The molecule has 1 aromatic heterocycles. The average Bonchev–Trinajstić information content (AvgIpc) is 3.05.